The number of benzene rings is 2. The Labute approximate surface area is 128 Å². The Kier molecular flexibility index (Phi) is 5.41. The van der Waals surface area contributed by atoms with Crippen molar-refractivity contribution in [1.82, 2.24) is 0 Å². The van der Waals surface area contributed by atoms with Gasteiger partial charge in [0.05, 0.1) is 7.11 Å². The van der Waals surface area contributed by atoms with E-state index >= 15 is 0 Å². The van der Waals surface area contributed by atoms with Crippen LogP contribution in [-0.2, 0) is 16.1 Å². The van der Waals surface area contributed by atoms with E-state index in [2.05, 4.69) is 0 Å². The number of rotatable bonds is 5. The molecule has 0 unspecified atom stereocenters. The zero-order chi connectivity index (χ0) is 15.1. The van der Waals surface area contributed by atoms with E-state index < -0.39 is 5.97 Å². The number of ether oxygens (including phenoxy) is 2. The first-order valence-corrected chi connectivity index (χ1v) is 6.78. The normalized spacial score (nSPS) is 10.6. The third-order valence-corrected chi connectivity index (χ3v) is 3.05. The zero-order valence-corrected chi connectivity index (χ0v) is 12.3. The third kappa shape index (κ3) is 4.97. The first-order valence-electron chi connectivity index (χ1n) is 6.41. The van der Waals surface area contributed by atoms with Crippen LogP contribution in [0.2, 0.25) is 5.02 Å². The minimum atomic E-state index is -0.396. The maximum absolute atomic E-state index is 11.6. The summed E-state index contributed by atoms with van der Waals surface area (Å²) in [5, 5.41) is 0.660. The molecular weight excluding hydrogens is 288 g/mol. The molecule has 0 fully saturated rings. The summed E-state index contributed by atoms with van der Waals surface area (Å²) in [6.07, 6.45) is 3.08. The molecule has 0 amide bonds. The van der Waals surface area contributed by atoms with Crippen LogP contribution in [0.15, 0.2) is 54.6 Å². The van der Waals surface area contributed by atoms with Gasteiger partial charge in [0.15, 0.2) is 0 Å². The summed E-state index contributed by atoms with van der Waals surface area (Å²) in [7, 11) is 1.60. The summed E-state index contributed by atoms with van der Waals surface area (Å²) in [4.78, 5) is 11.6. The van der Waals surface area contributed by atoms with E-state index in [9.17, 15) is 4.79 Å². The monoisotopic (exact) mass is 302 g/mol. The van der Waals surface area contributed by atoms with Crippen LogP contribution in [0.4, 0.5) is 0 Å². The van der Waals surface area contributed by atoms with E-state index in [-0.39, 0.29) is 6.61 Å². The third-order valence-electron chi connectivity index (χ3n) is 2.80. The van der Waals surface area contributed by atoms with Crippen LogP contribution in [0.5, 0.6) is 5.75 Å². The molecule has 0 saturated heterocycles. The molecule has 21 heavy (non-hydrogen) atoms. The van der Waals surface area contributed by atoms with Crippen molar-refractivity contribution < 1.29 is 14.3 Å². The Bertz CT molecular complexity index is 633. The molecule has 0 atom stereocenters. The highest BCUT2D eigenvalue weighted by Crippen LogP contribution is 2.14. The zero-order valence-electron chi connectivity index (χ0n) is 11.6. The minimum Gasteiger partial charge on any atom is -0.497 e. The second-order valence-electron chi connectivity index (χ2n) is 4.34. The molecule has 0 bridgehead atoms. The van der Waals surface area contributed by atoms with Crippen molar-refractivity contribution in [2.45, 2.75) is 6.61 Å². The largest absolute Gasteiger partial charge is 0.497 e. The van der Waals surface area contributed by atoms with Gasteiger partial charge in [0.1, 0.15) is 12.4 Å². The summed E-state index contributed by atoms with van der Waals surface area (Å²) in [6, 6.07) is 14.6. The molecule has 2 rings (SSSR count). The molecule has 2 aromatic rings. The number of methoxy groups -OCH3 is 1. The van der Waals surface area contributed by atoms with Gasteiger partial charge in [0.2, 0.25) is 0 Å². The molecule has 2 aromatic carbocycles. The van der Waals surface area contributed by atoms with Crippen molar-refractivity contribution in [3.63, 3.8) is 0 Å². The topological polar surface area (TPSA) is 35.5 Å². The van der Waals surface area contributed by atoms with Crippen molar-refractivity contribution >= 4 is 23.6 Å². The molecule has 0 heterocycles. The molecule has 0 aromatic heterocycles. The van der Waals surface area contributed by atoms with Gasteiger partial charge in [0, 0.05) is 11.1 Å². The van der Waals surface area contributed by atoms with Gasteiger partial charge in [-0.05, 0) is 41.5 Å². The van der Waals surface area contributed by atoms with Gasteiger partial charge in [-0.1, -0.05) is 35.9 Å². The number of hydrogen-bond acceptors (Lipinski definition) is 3. The van der Waals surface area contributed by atoms with Crippen LogP contribution in [0.25, 0.3) is 6.08 Å². The van der Waals surface area contributed by atoms with Crippen LogP contribution in [-0.4, -0.2) is 13.1 Å². The predicted octanol–water partition coefficient (Wildman–Crippen LogP) is 4.11. The smallest absolute Gasteiger partial charge is 0.331 e. The summed E-state index contributed by atoms with van der Waals surface area (Å²) in [5.41, 5.74) is 1.76. The average molecular weight is 303 g/mol. The Hall–Kier alpha value is -2.26. The van der Waals surface area contributed by atoms with E-state index in [1.54, 1.807) is 25.3 Å². The highest BCUT2D eigenvalue weighted by molar-refractivity contribution is 6.30. The SMILES string of the molecule is COc1cccc(COC(=O)C=Cc2ccc(Cl)cc2)c1. The van der Waals surface area contributed by atoms with E-state index in [1.165, 1.54) is 6.08 Å². The molecule has 0 aliphatic carbocycles. The summed E-state index contributed by atoms with van der Waals surface area (Å²) in [5.74, 6) is 0.341. The van der Waals surface area contributed by atoms with Crippen molar-refractivity contribution in [3.05, 3.63) is 70.8 Å². The predicted molar refractivity (Wildman–Crippen MR) is 83.3 cm³/mol. The number of carbonyl (C=O) groups excluding carboxylic acids is 1. The highest BCUT2D eigenvalue weighted by Gasteiger charge is 2.00. The van der Waals surface area contributed by atoms with Gasteiger partial charge >= 0.3 is 5.97 Å². The molecule has 3 nitrogen and oxygen atoms in total. The molecule has 0 spiro atoms. The van der Waals surface area contributed by atoms with Crippen molar-refractivity contribution in [2.24, 2.45) is 0 Å². The molecule has 4 heteroatoms. The van der Waals surface area contributed by atoms with Crippen molar-refractivity contribution in [3.8, 4) is 5.75 Å². The van der Waals surface area contributed by atoms with Gasteiger partial charge in [0.25, 0.3) is 0 Å². The van der Waals surface area contributed by atoms with Gasteiger partial charge in [-0.25, -0.2) is 4.79 Å². The van der Waals surface area contributed by atoms with Crippen molar-refractivity contribution in [2.75, 3.05) is 7.11 Å². The Morgan fingerprint density at radius 1 is 1.19 bits per heavy atom. The standard InChI is InChI=1S/C17H15ClO3/c1-20-16-4-2-3-14(11-16)12-21-17(19)10-7-13-5-8-15(18)9-6-13/h2-11H,12H2,1H3. The van der Waals surface area contributed by atoms with Gasteiger partial charge in [-0.15, -0.1) is 0 Å². The van der Waals surface area contributed by atoms with Crippen molar-refractivity contribution in [1.29, 1.82) is 0 Å². The van der Waals surface area contributed by atoms with Gasteiger partial charge in [-0.2, -0.15) is 0 Å². The lowest BCUT2D eigenvalue weighted by Gasteiger charge is -2.04. The van der Waals surface area contributed by atoms with Crippen LogP contribution in [0.1, 0.15) is 11.1 Å². The maximum Gasteiger partial charge on any atom is 0.331 e. The second-order valence-corrected chi connectivity index (χ2v) is 4.78. The van der Waals surface area contributed by atoms with Gasteiger partial charge in [-0.3, -0.25) is 0 Å². The van der Waals surface area contributed by atoms with E-state index in [0.29, 0.717) is 5.02 Å². The van der Waals surface area contributed by atoms with E-state index in [1.807, 2.05) is 36.4 Å². The minimum absolute atomic E-state index is 0.209. The fourth-order valence-corrected chi connectivity index (χ4v) is 1.83. The molecule has 0 radical (unpaired) electrons. The average Bonchev–Trinajstić information content (AvgIpc) is 2.52. The lowest BCUT2D eigenvalue weighted by atomic mass is 10.2. The van der Waals surface area contributed by atoms with Crippen LogP contribution in [0.3, 0.4) is 0 Å². The maximum atomic E-state index is 11.6. The molecule has 0 N–H and O–H groups in total. The van der Waals surface area contributed by atoms with Crippen LogP contribution in [0, 0.1) is 0 Å². The molecule has 0 aliphatic rings. The van der Waals surface area contributed by atoms with E-state index in [4.69, 9.17) is 21.1 Å². The van der Waals surface area contributed by atoms with Gasteiger partial charge < -0.3 is 9.47 Å². The molecular formula is C17H15ClO3. The number of halogens is 1. The lowest BCUT2D eigenvalue weighted by Crippen LogP contribution is -2.00. The highest BCUT2D eigenvalue weighted by atomic mass is 35.5. The number of hydrogen-bond donors (Lipinski definition) is 0. The Morgan fingerprint density at radius 2 is 1.95 bits per heavy atom. The fourth-order valence-electron chi connectivity index (χ4n) is 1.70. The summed E-state index contributed by atoms with van der Waals surface area (Å²) < 4.78 is 10.3. The van der Waals surface area contributed by atoms with Crippen LogP contribution >= 0.6 is 11.6 Å². The summed E-state index contributed by atoms with van der Waals surface area (Å²) in [6.45, 7) is 0.209. The molecule has 0 saturated carbocycles. The fraction of sp³-hybridized carbons (Fsp3) is 0.118. The first kappa shape index (κ1) is 15.1. The lowest BCUT2D eigenvalue weighted by molar-refractivity contribution is -0.138. The quantitative estimate of drug-likeness (QED) is 0.616. The van der Waals surface area contributed by atoms with E-state index in [0.717, 1.165) is 16.9 Å². The molecule has 108 valence electrons. The first-order chi connectivity index (χ1) is 10.2. The Morgan fingerprint density at radius 3 is 2.67 bits per heavy atom. The Balaban J connectivity index is 1.88. The second kappa shape index (κ2) is 7.50. The van der Waals surface area contributed by atoms with Crippen LogP contribution < -0.4 is 4.74 Å². The number of esters is 1. The summed E-state index contributed by atoms with van der Waals surface area (Å²) >= 11 is 5.79. The molecule has 0 aliphatic heterocycles. The number of carbonyl (C=O) groups is 1.